The molecular weight excluding hydrogens is 183 g/mol. The van der Waals surface area contributed by atoms with Crippen molar-refractivity contribution in [2.75, 3.05) is 7.11 Å². The smallest absolute Gasteiger partial charge is 0.163 e. The molecule has 0 spiro atoms. The topological polar surface area (TPSA) is 18.5 Å². The van der Waals surface area contributed by atoms with Crippen molar-refractivity contribution in [2.24, 2.45) is 0 Å². The molecule has 0 aliphatic heterocycles. The first-order chi connectivity index (χ1) is 6.67. The van der Waals surface area contributed by atoms with Gasteiger partial charge in [0, 0.05) is 6.07 Å². The number of hydrogen-bond acceptors (Lipinski definition) is 2. The molecule has 1 rings (SSSR count). The van der Waals surface area contributed by atoms with Crippen molar-refractivity contribution in [3.63, 3.8) is 0 Å². The Labute approximate surface area is 83.6 Å². The molecule has 14 heavy (non-hydrogen) atoms. The molecule has 0 saturated carbocycles. The van der Waals surface area contributed by atoms with E-state index in [1.54, 1.807) is 6.07 Å². The van der Waals surface area contributed by atoms with Gasteiger partial charge >= 0.3 is 0 Å². The predicted molar refractivity (Wildman–Crippen MR) is 53.3 cm³/mol. The summed E-state index contributed by atoms with van der Waals surface area (Å²) in [6.45, 7) is 3.99. The van der Waals surface area contributed by atoms with E-state index in [0.717, 1.165) is 6.42 Å². The van der Waals surface area contributed by atoms with Crippen LogP contribution >= 0.6 is 0 Å². The van der Waals surface area contributed by atoms with Gasteiger partial charge in [-0.25, -0.2) is 4.39 Å². The summed E-state index contributed by atoms with van der Waals surface area (Å²) in [6.07, 6.45) is 1.01. The average Bonchev–Trinajstić information content (AvgIpc) is 2.20. The number of hydrogen-bond donors (Lipinski definition) is 0. The minimum Gasteiger partial charge on any atom is -0.493 e. The number of ether oxygens (including phenoxy) is 2. The van der Waals surface area contributed by atoms with Crippen LogP contribution in [0.4, 0.5) is 4.39 Å². The summed E-state index contributed by atoms with van der Waals surface area (Å²) in [6, 6.07) is 4.26. The summed E-state index contributed by atoms with van der Waals surface area (Å²) in [5, 5.41) is 0. The molecule has 0 bridgehead atoms. The van der Waals surface area contributed by atoms with Gasteiger partial charge in [-0.1, -0.05) is 6.92 Å². The van der Waals surface area contributed by atoms with Crippen LogP contribution in [-0.4, -0.2) is 13.2 Å². The lowest BCUT2D eigenvalue weighted by molar-refractivity contribution is 0.207. The second-order valence-electron chi connectivity index (χ2n) is 3.13. The second-order valence-corrected chi connectivity index (χ2v) is 3.13. The molecule has 2 nitrogen and oxygen atoms in total. The van der Waals surface area contributed by atoms with E-state index >= 15 is 0 Å². The van der Waals surface area contributed by atoms with Crippen LogP contribution < -0.4 is 9.47 Å². The lowest BCUT2D eigenvalue weighted by Gasteiger charge is -2.15. The van der Waals surface area contributed by atoms with Crippen molar-refractivity contribution in [2.45, 2.75) is 26.4 Å². The van der Waals surface area contributed by atoms with Gasteiger partial charge in [-0.2, -0.15) is 0 Å². The quantitative estimate of drug-likeness (QED) is 0.740. The van der Waals surface area contributed by atoms with Crippen molar-refractivity contribution in [3.05, 3.63) is 24.0 Å². The SMILES string of the molecule is CCC(C)Oc1ccc(F)cc1OC. The summed E-state index contributed by atoms with van der Waals surface area (Å²) >= 11 is 0. The van der Waals surface area contributed by atoms with E-state index in [-0.39, 0.29) is 11.9 Å². The largest absolute Gasteiger partial charge is 0.493 e. The Morgan fingerprint density at radius 1 is 1.36 bits per heavy atom. The molecule has 0 N–H and O–H groups in total. The molecule has 1 aromatic rings. The Balaban J connectivity index is 2.85. The third-order valence-corrected chi connectivity index (χ3v) is 2.03. The molecule has 0 heterocycles. The lowest BCUT2D eigenvalue weighted by Crippen LogP contribution is -2.10. The van der Waals surface area contributed by atoms with Crippen LogP contribution in [0, 0.1) is 5.82 Å². The molecule has 0 radical (unpaired) electrons. The molecule has 1 aromatic carbocycles. The molecule has 1 unspecified atom stereocenters. The molecule has 0 fully saturated rings. The Morgan fingerprint density at radius 3 is 2.64 bits per heavy atom. The number of rotatable bonds is 4. The van der Waals surface area contributed by atoms with E-state index in [9.17, 15) is 4.39 Å². The third-order valence-electron chi connectivity index (χ3n) is 2.03. The highest BCUT2D eigenvalue weighted by Crippen LogP contribution is 2.28. The van der Waals surface area contributed by atoms with Gasteiger partial charge in [-0.05, 0) is 25.5 Å². The fraction of sp³-hybridized carbons (Fsp3) is 0.455. The Hall–Kier alpha value is -1.25. The number of halogens is 1. The maximum atomic E-state index is 12.8. The van der Waals surface area contributed by atoms with Crippen LogP contribution in [0.5, 0.6) is 11.5 Å². The summed E-state index contributed by atoms with van der Waals surface area (Å²) < 4.78 is 23.4. The zero-order chi connectivity index (χ0) is 10.6. The third kappa shape index (κ3) is 2.62. The normalized spacial score (nSPS) is 12.3. The van der Waals surface area contributed by atoms with Gasteiger partial charge in [0.1, 0.15) is 5.82 Å². The van der Waals surface area contributed by atoms with E-state index in [1.165, 1.54) is 19.2 Å². The van der Waals surface area contributed by atoms with Gasteiger partial charge in [-0.15, -0.1) is 0 Å². The fourth-order valence-electron chi connectivity index (χ4n) is 1.04. The molecular formula is C11H15FO2. The summed E-state index contributed by atoms with van der Waals surface area (Å²) in [5.74, 6) is 0.701. The zero-order valence-electron chi connectivity index (χ0n) is 8.71. The van der Waals surface area contributed by atoms with Gasteiger partial charge in [0.25, 0.3) is 0 Å². The van der Waals surface area contributed by atoms with Crippen LogP contribution in [0.25, 0.3) is 0 Å². The summed E-state index contributed by atoms with van der Waals surface area (Å²) in [7, 11) is 1.50. The monoisotopic (exact) mass is 198 g/mol. The summed E-state index contributed by atoms with van der Waals surface area (Å²) in [4.78, 5) is 0. The van der Waals surface area contributed by atoms with Crippen LogP contribution in [0.2, 0.25) is 0 Å². The Morgan fingerprint density at radius 2 is 2.07 bits per heavy atom. The molecule has 3 heteroatoms. The molecule has 0 aliphatic rings. The first-order valence-corrected chi connectivity index (χ1v) is 4.67. The molecule has 0 aromatic heterocycles. The van der Waals surface area contributed by atoms with Crippen molar-refractivity contribution in [3.8, 4) is 11.5 Å². The van der Waals surface area contributed by atoms with Crippen molar-refractivity contribution in [1.29, 1.82) is 0 Å². The highest BCUT2D eigenvalue weighted by atomic mass is 19.1. The predicted octanol–water partition coefficient (Wildman–Crippen LogP) is 3.01. The van der Waals surface area contributed by atoms with E-state index in [0.29, 0.717) is 11.5 Å². The lowest BCUT2D eigenvalue weighted by atomic mass is 10.3. The maximum Gasteiger partial charge on any atom is 0.163 e. The minimum absolute atomic E-state index is 0.106. The average molecular weight is 198 g/mol. The first-order valence-electron chi connectivity index (χ1n) is 4.67. The fourth-order valence-corrected chi connectivity index (χ4v) is 1.04. The number of benzene rings is 1. The Bertz CT molecular complexity index is 299. The zero-order valence-corrected chi connectivity index (χ0v) is 8.71. The molecule has 78 valence electrons. The number of methoxy groups -OCH3 is 1. The van der Waals surface area contributed by atoms with Gasteiger partial charge in [0.15, 0.2) is 11.5 Å². The van der Waals surface area contributed by atoms with Crippen LogP contribution in [-0.2, 0) is 0 Å². The van der Waals surface area contributed by atoms with Crippen molar-refractivity contribution in [1.82, 2.24) is 0 Å². The van der Waals surface area contributed by atoms with Gasteiger partial charge in [0.2, 0.25) is 0 Å². The van der Waals surface area contributed by atoms with E-state index in [2.05, 4.69) is 0 Å². The van der Waals surface area contributed by atoms with E-state index in [1.807, 2.05) is 13.8 Å². The molecule has 1 atom stereocenters. The second kappa shape index (κ2) is 4.84. The van der Waals surface area contributed by atoms with Crippen molar-refractivity contribution < 1.29 is 13.9 Å². The van der Waals surface area contributed by atoms with Crippen LogP contribution in [0.15, 0.2) is 18.2 Å². The minimum atomic E-state index is -0.321. The van der Waals surface area contributed by atoms with Gasteiger partial charge in [0.05, 0.1) is 13.2 Å². The summed E-state index contributed by atoms with van der Waals surface area (Å²) in [5.41, 5.74) is 0. The Kier molecular flexibility index (Phi) is 3.74. The van der Waals surface area contributed by atoms with Gasteiger partial charge < -0.3 is 9.47 Å². The van der Waals surface area contributed by atoms with Crippen LogP contribution in [0.3, 0.4) is 0 Å². The standard InChI is InChI=1S/C11H15FO2/c1-4-8(2)14-10-6-5-9(12)7-11(10)13-3/h5-8H,4H2,1-3H3. The van der Waals surface area contributed by atoms with E-state index < -0.39 is 0 Å². The van der Waals surface area contributed by atoms with E-state index in [4.69, 9.17) is 9.47 Å². The maximum absolute atomic E-state index is 12.8. The highest BCUT2D eigenvalue weighted by molar-refractivity contribution is 5.40. The molecule has 0 saturated heterocycles. The van der Waals surface area contributed by atoms with Gasteiger partial charge in [-0.3, -0.25) is 0 Å². The van der Waals surface area contributed by atoms with Crippen LogP contribution in [0.1, 0.15) is 20.3 Å². The first kappa shape index (κ1) is 10.8. The molecule has 0 amide bonds. The molecule has 0 aliphatic carbocycles. The highest BCUT2D eigenvalue weighted by Gasteiger charge is 2.08. The van der Waals surface area contributed by atoms with Crippen molar-refractivity contribution >= 4 is 0 Å².